The van der Waals surface area contributed by atoms with E-state index >= 15 is 0 Å². The maximum Gasteiger partial charge on any atom is 0.137 e. The average molecular weight is 299 g/mol. The van der Waals surface area contributed by atoms with E-state index in [9.17, 15) is 0 Å². The molecule has 106 valence electrons. The van der Waals surface area contributed by atoms with E-state index in [1.807, 2.05) is 18.2 Å². The Morgan fingerprint density at radius 1 is 1.05 bits per heavy atom. The van der Waals surface area contributed by atoms with Crippen molar-refractivity contribution in [3.8, 4) is 0 Å². The van der Waals surface area contributed by atoms with Crippen LogP contribution in [0, 0.1) is 0 Å². The summed E-state index contributed by atoms with van der Waals surface area (Å²) < 4.78 is 1.80. The predicted molar refractivity (Wildman–Crippen MR) is 84.3 cm³/mol. The highest BCUT2D eigenvalue weighted by Gasteiger charge is 1.98. The second kappa shape index (κ2) is 6.41. The Kier molecular flexibility index (Phi) is 4.17. The molecule has 5 heteroatoms. The van der Waals surface area contributed by atoms with Gasteiger partial charge in [-0.2, -0.15) is 5.10 Å². The zero-order chi connectivity index (χ0) is 14.5. The van der Waals surface area contributed by atoms with Gasteiger partial charge >= 0.3 is 0 Å². The topological polar surface area (TPSA) is 42.7 Å². The maximum absolute atomic E-state index is 5.97. The van der Waals surface area contributed by atoms with Crippen LogP contribution < -0.4 is 5.32 Å². The van der Waals surface area contributed by atoms with Crippen LogP contribution in [0.5, 0.6) is 0 Å². The van der Waals surface area contributed by atoms with E-state index in [2.05, 4.69) is 45.7 Å². The van der Waals surface area contributed by atoms with Crippen molar-refractivity contribution in [3.05, 3.63) is 77.3 Å². The molecule has 0 saturated heterocycles. The highest BCUT2D eigenvalue weighted by Crippen LogP contribution is 2.14. The van der Waals surface area contributed by atoms with Gasteiger partial charge in [-0.25, -0.2) is 9.67 Å². The first-order valence-electron chi connectivity index (χ1n) is 6.69. The quantitative estimate of drug-likeness (QED) is 0.783. The van der Waals surface area contributed by atoms with Crippen LogP contribution in [-0.4, -0.2) is 14.8 Å². The van der Waals surface area contributed by atoms with Crippen LogP contribution in [0.4, 0.5) is 5.69 Å². The lowest BCUT2D eigenvalue weighted by atomic mass is 10.2. The summed E-state index contributed by atoms with van der Waals surface area (Å²) in [4.78, 5) is 3.93. The summed E-state index contributed by atoms with van der Waals surface area (Å²) in [5, 5.41) is 8.24. The summed E-state index contributed by atoms with van der Waals surface area (Å²) >= 11 is 5.97. The lowest BCUT2D eigenvalue weighted by Gasteiger charge is -2.08. The van der Waals surface area contributed by atoms with Crippen LogP contribution in [0.25, 0.3) is 0 Å². The van der Waals surface area contributed by atoms with Crippen LogP contribution in [0.3, 0.4) is 0 Å². The van der Waals surface area contributed by atoms with E-state index in [4.69, 9.17) is 11.6 Å². The molecule has 3 rings (SSSR count). The molecular weight excluding hydrogens is 284 g/mol. The SMILES string of the molecule is Clc1cccc(CNc2ccc(Cn3cncn3)cc2)c1. The van der Waals surface area contributed by atoms with Gasteiger partial charge in [-0.3, -0.25) is 0 Å². The van der Waals surface area contributed by atoms with Gasteiger partial charge in [0.05, 0.1) is 6.54 Å². The third-order valence-corrected chi connectivity index (χ3v) is 3.39. The number of hydrogen-bond acceptors (Lipinski definition) is 3. The highest BCUT2D eigenvalue weighted by molar-refractivity contribution is 6.30. The summed E-state index contributed by atoms with van der Waals surface area (Å²) in [6.07, 6.45) is 3.26. The van der Waals surface area contributed by atoms with Crippen molar-refractivity contribution in [2.45, 2.75) is 13.1 Å². The van der Waals surface area contributed by atoms with E-state index in [1.165, 1.54) is 5.56 Å². The van der Waals surface area contributed by atoms with Crippen molar-refractivity contribution in [1.82, 2.24) is 14.8 Å². The first-order valence-corrected chi connectivity index (χ1v) is 7.07. The fraction of sp³-hybridized carbons (Fsp3) is 0.125. The van der Waals surface area contributed by atoms with Crippen LogP contribution >= 0.6 is 11.6 Å². The Morgan fingerprint density at radius 2 is 1.90 bits per heavy atom. The van der Waals surface area contributed by atoms with E-state index in [1.54, 1.807) is 17.3 Å². The van der Waals surface area contributed by atoms with Crippen molar-refractivity contribution in [1.29, 1.82) is 0 Å². The molecular formula is C16H15ClN4. The molecule has 0 amide bonds. The van der Waals surface area contributed by atoms with Gasteiger partial charge < -0.3 is 5.32 Å². The number of aromatic nitrogens is 3. The largest absolute Gasteiger partial charge is 0.381 e. The minimum absolute atomic E-state index is 0.731. The zero-order valence-electron chi connectivity index (χ0n) is 11.4. The molecule has 0 spiro atoms. The van der Waals surface area contributed by atoms with Gasteiger partial charge in [0.1, 0.15) is 12.7 Å². The molecule has 0 unspecified atom stereocenters. The van der Waals surface area contributed by atoms with Crippen LogP contribution in [0.2, 0.25) is 5.02 Å². The number of nitrogens with zero attached hydrogens (tertiary/aromatic N) is 3. The molecule has 0 aliphatic carbocycles. The van der Waals surface area contributed by atoms with Crippen molar-refractivity contribution in [2.24, 2.45) is 0 Å². The van der Waals surface area contributed by atoms with Crippen LogP contribution in [0.1, 0.15) is 11.1 Å². The normalized spacial score (nSPS) is 10.5. The molecule has 0 aliphatic rings. The minimum Gasteiger partial charge on any atom is -0.381 e. The molecule has 0 bridgehead atoms. The molecule has 0 fully saturated rings. The monoisotopic (exact) mass is 298 g/mol. The summed E-state index contributed by atoms with van der Waals surface area (Å²) in [6, 6.07) is 16.2. The number of hydrogen-bond donors (Lipinski definition) is 1. The second-order valence-corrected chi connectivity index (χ2v) is 5.21. The van der Waals surface area contributed by atoms with Gasteiger partial charge in [-0.15, -0.1) is 0 Å². The molecule has 21 heavy (non-hydrogen) atoms. The summed E-state index contributed by atoms with van der Waals surface area (Å²) in [7, 11) is 0. The Labute approximate surface area is 128 Å². The average Bonchev–Trinajstić information content (AvgIpc) is 3.00. The highest BCUT2D eigenvalue weighted by atomic mass is 35.5. The molecule has 1 N–H and O–H groups in total. The van der Waals surface area contributed by atoms with Gasteiger partial charge in [0.15, 0.2) is 0 Å². The van der Waals surface area contributed by atoms with Gasteiger partial charge in [0, 0.05) is 17.3 Å². The van der Waals surface area contributed by atoms with Crippen molar-refractivity contribution in [3.63, 3.8) is 0 Å². The molecule has 0 aliphatic heterocycles. The number of halogens is 1. The first kappa shape index (κ1) is 13.6. The standard InChI is InChI=1S/C16H15ClN4/c17-15-3-1-2-14(8-15)9-19-16-6-4-13(5-7-16)10-21-12-18-11-20-21/h1-8,11-12,19H,9-10H2. The number of anilines is 1. The Balaban J connectivity index is 1.59. The summed E-state index contributed by atoms with van der Waals surface area (Å²) in [5.41, 5.74) is 3.43. The molecule has 0 radical (unpaired) electrons. The van der Waals surface area contributed by atoms with Crippen molar-refractivity contribution < 1.29 is 0 Å². The lowest BCUT2D eigenvalue weighted by molar-refractivity contribution is 0.685. The third-order valence-electron chi connectivity index (χ3n) is 3.15. The van der Waals surface area contributed by atoms with E-state index in [0.717, 1.165) is 29.4 Å². The molecule has 0 atom stereocenters. The van der Waals surface area contributed by atoms with E-state index in [-0.39, 0.29) is 0 Å². The van der Waals surface area contributed by atoms with Crippen LogP contribution in [0.15, 0.2) is 61.2 Å². The molecule has 1 aromatic heterocycles. The Hall–Kier alpha value is -2.33. The van der Waals surface area contributed by atoms with Crippen LogP contribution in [-0.2, 0) is 13.1 Å². The second-order valence-electron chi connectivity index (χ2n) is 4.77. The fourth-order valence-electron chi connectivity index (χ4n) is 2.08. The zero-order valence-corrected chi connectivity index (χ0v) is 12.2. The molecule has 0 saturated carbocycles. The first-order chi connectivity index (χ1) is 10.3. The smallest absolute Gasteiger partial charge is 0.137 e. The summed E-state index contributed by atoms with van der Waals surface area (Å²) in [5.74, 6) is 0. The van der Waals surface area contributed by atoms with Crippen molar-refractivity contribution >= 4 is 17.3 Å². The van der Waals surface area contributed by atoms with E-state index in [0.29, 0.717) is 0 Å². The van der Waals surface area contributed by atoms with E-state index < -0.39 is 0 Å². The van der Waals surface area contributed by atoms with Gasteiger partial charge in [-0.05, 0) is 35.4 Å². The minimum atomic E-state index is 0.731. The summed E-state index contributed by atoms with van der Waals surface area (Å²) in [6.45, 7) is 1.48. The third kappa shape index (κ3) is 3.83. The Morgan fingerprint density at radius 3 is 2.62 bits per heavy atom. The number of rotatable bonds is 5. The van der Waals surface area contributed by atoms with Gasteiger partial charge in [0.2, 0.25) is 0 Å². The number of nitrogens with one attached hydrogen (secondary N) is 1. The number of benzene rings is 2. The fourth-order valence-corrected chi connectivity index (χ4v) is 2.29. The molecule has 4 nitrogen and oxygen atoms in total. The lowest BCUT2D eigenvalue weighted by Crippen LogP contribution is -2.01. The molecule has 3 aromatic rings. The van der Waals surface area contributed by atoms with Gasteiger partial charge in [-0.1, -0.05) is 35.9 Å². The maximum atomic E-state index is 5.97. The predicted octanol–water partition coefficient (Wildman–Crippen LogP) is 3.59. The Bertz CT molecular complexity index is 693. The molecule has 1 heterocycles. The molecule has 2 aromatic carbocycles. The van der Waals surface area contributed by atoms with Crippen molar-refractivity contribution in [2.75, 3.05) is 5.32 Å². The van der Waals surface area contributed by atoms with Gasteiger partial charge in [0.25, 0.3) is 0 Å².